The number of nitrogens with zero attached hydrogens (tertiary/aromatic N) is 1. The molecular weight excluding hydrogens is 235 g/mol. The lowest BCUT2D eigenvalue weighted by molar-refractivity contribution is 0.0697. The predicted octanol–water partition coefficient (Wildman–Crippen LogP) is 2.24. The van der Waals surface area contributed by atoms with E-state index < -0.39 is 11.8 Å². The van der Waals surface area contributed by atoms with E-state index in [-0.39, 0.29) is 21.8 Å². The molecular formula is C9H5FN2O3S. The Morgan fingerprint density at radius 3 is 2.88 bits per heavy atom. The summed E-state index contributed by atoms with van der Waals surface area (Å²) in [5, 5.41) is 11.2. The van der Waals surface area contributed by atoms with Crippen LogP contribution in [0.25, 0.3) is 11.5 Å². The van der Waals surface area contributed by atoms with Crippen molar-refractivity contribution in [1.29, 1.82) is 0 Å². The zero-order chi connectivity index (χ0) is 11.7. The van der Waals surface area contributed by atoms with Crippen LogP contribution in [0, 0.1) is 10.6 Å². The number of aromatic nitrogens is 2. The van der Waals surface area contributed by atoms with Crippen molar-refractivity contribution in [3.8, 4) is 11.5 Å². The summed E-state index contributed by atoms with van der Waals surface area (Å²) in [7, 11) is 0. The molecule has 0 saturated heterocycles. The van der Waals surface area contributed by atoms with E-state index in [1.807, 2.05) is 0 Å². The molecule has 0 aliphatic rings. The minimum atomic E-state index is -1.27. The van der Waals surface area contributed by atoms with Gasteiger partial charge in [0.05, 0.1) is 11.1 Å². The number of rotatable bonds is 2. The topological polar surface area (TPSA) is 79.1 Å². The number of halogens is 1. The summed E-state index contributed by atoms with van der Waals surface area (Å²) in [5.74, 6) is -1.89. The lowest BCUT2D eigenvalue weighted by Gasteiger charge is -2.00. The first kappa shape index (κ1) is 10.5. The van der Waals surface area contributed by atoms with Crippen LogP contribution in [0.1, 0.15) is 10.4 Å². The molecule has 1 heterocycles. The van der Waals surface area contributed by atoms with E-state index in [1.54, 1.807) is 0 Å². The van der Waals surface area contributed by atoms with Crippen molar-refractivity contribution in [2.24, 2.45) is 0 Å². The molecule has 7 heteroatoms. The monoisotopic (exact) mass is 240 g/mol. The number of carboxylic acids is 1. The number of aromatic amines is 1. The van der Waals surface area contributed by atoms with Gasteiger partial charge in [-0.15, -0.1) is 0 Å². The van der Waals surface area contributed by atoms with Crippen LogP contribution in [-0.2, 0) is 0 Å². The maximum Gasteiger partial charge on any atom is 0.336 e. The number of aromatic carboxylic acids is 1. The van der Waals surface area contributed by atoms with Crippen LogP contribution in [0.3, 0.4) is 0 Å². The van der Waals surface area contributed by atoms with Gasteiger partial charge in [0.2, 0.25) is 4.77 Å². The normalized spacial score (nSPS) is 10.3. The quantitative estimate of drug-likeness (QED) is 0.787. The van der Waals surface area contributed by atoms with Gasteiger partial charge in [-0.25, -0.2) is 9.18 Å². The second-order valence-corrected chi connectivity index (χ2v) is 3.31. The number of carboxylic acid groups (broad SMARTS) is 1. The average molecular weight is 240 g/mol. The van der Waals surface area contributed by atoms with Crippen molar-refractivity contribution in [1.82, 2.24) is 10.1 Å². The van der Waals surface area contributed by atoms with Gasteiger partial charge in [-0.2, -0.15) is 10.1 Å². The average Bonchev–Trinajstić information content (AvgIpc) is 2.64. The highest BCUT2D eigenvalue weighted by molar-refractivity contribution is 7.71. The molecule has 82 valence electrons. The molecule has 1 aromatic carbocycles. The molecule has 2 aromatic rings. The first-order valence-corrected chi connectivity index (χ1v) is 4.57. The van der Waals surface area contributed by atoms with Gasteiger partial charge in [0.1, 0.15) is 5.82 Å². The molecule has 0 amide bonds. The third kappa shape index (κ3) is 1.84. The highest BCUT2D eigenvalue weighted by Gasteiger charge is 2.16. The summed E-state index contributed by atoms with van der Waals surface area (Å²) in [6.45, 7) is 0. The maximum atomic E-state index is 12.9. The van der Waals surface area contributed by atoms with Gasteiger partial charge < -0.3 is 9.63 Å². The molecule has 2 N–H and O–H groups in total. The fourth-order valence-corrected chi connectivity index (χ4v) is 1.35. The molecule has 0 unspecified atom stereocenters. The van der Waals surface area contributed by atoms with Gasteiger partial charge in [-0.1, -0.05) is 0 Å². The van der Waals surface area contributed by atoms with Crippen LogP contribution in [0.15, 0.2) is 22.7 Å². The Labute approximate surface area is 93.5 Å². The Balaban J connectivity index is 2.64. The lowest BCUT2D eigenvalue weighted by Crippen LogP contribution is -2.00. The highest BCUT2D eigenvalue weighted by Crippen LogP contribution is 2.22. The molecule has 0 fully saturated rings. The molecule has 0 bridgehead atoms. The SMILES string of the molecule is O=C(O)c1cc(F)ccc1-c1nc(=S)[nH]o1. The van der Waals surface area contributed by atoms with Crippen molar-refractivity contribution >= 4 is 18.2 Å². The van der Waals surface area contributed by atoms with E-state index in [9.17, 15) is 9.18 Å². The Morgan fingerprint density at radius 1 is 1.56 bits per heavy atom. The Bertz CT molecular complexity index is 605. The van der Waals surface area contributed by atoms with Gasteiger partial charge in [-0.05, 0) is 30.4 Å². The van der Waals surface area contributed by atoms with Gasteiger partial charge in [0.25, 0.3) is 5.89 Å². The minimum absolute atomic E-state index is 0.0161. The summed E-state index contributed by atoms with van der Waals surface area (Å²) in [6, 6.07) is 3.28. The molecule has 0 radical (unpaired) electrons. The summed E-state index contributed by atoms with van der Waals surface area (Å²) in [5.41, 5.74) is -0.0634. The number of nitrogens with one attached hydrogen (secondary N) is 1. The molecule has 5 nitrogen and oxygen atoms in total. The van der Waals surface area contributed by atoms with Crippen molar-refractivity contribution < 1.29 is 18.8 Å². The van der Waals surface area contributed by atoms with Crippen LogP contribution in [-0.4, -0.2) is 21.2 Å². The van der Waals surface area contributed by atoms with Crippen molar-refractivity contribution in [2.45, 2.75) is 0 Å². The number of benzene rings is 1. The second kappa shape index (κ2) is 3.86. The summed E-state index contributed by atoms with van der Waals surface area (Å²) < 4.78 is 17.8. The summed E-state index contributed by atoms with van der Waals surface area (Å²) in [4.78, 5) is 14.6. The molecule has 0 atom stereocenters. The maximum absolute atomic E-state index is 12.9. The fourth-order valence-electron chi connectivity index (χ4n) is 1.22. The molecule has 2 rings (SSSR count). The van der Waals surface area contributed by atoms with Crippen molar-refractivity contribution in [2.75, 3.05) is 0 Å². The van der Waals surface area contributed by atoms with Gasteiger partial charge in [0.15, 0.2) is 0 Å². The third-order valence-corrected chi connectivity index (χ3v) is 2.06. The molecule has 0 aliphatic carbocycles. The highest BCUT2D eigenvalue weighted by atomic mass is 32.1. The van der Waals surface area contributed by atoms with E-state index in [1.165, 1.54) is 6.07 Å². The van der Waals surface area contributed by atoms with E-state index in [2.05, 4.69) is 22.4 Å². The largest absolute Gasteiger partial charge is 0.478 e. The van der Waals surface area contributed by atoms with Gasteiger partial charge in [-0.3, -0.25) is 0 Å². The second-order valence-electron chi connectivity index (χ2n) is 2.92. The number of hydrogen-bond acceptors (Lipinski definition) is 4. The first-order valence-electron chi connectivity index (χ1n) is 4.16. The van der Waals surface area contributed by atoms with Gasteiger partial charge >= 0.3 is 5.97 Å². The number of carbonyl (C=O) groups is 1. The predicted molar refractivity (Wildman–Crippen MR) is 54.0 cm³/mol. The van der Waals surface area contributed by atoms with Crippen LogP contribution >= 0.6 is 12.2 Å². The zero-order valence-corrected chi connectivity index (χ0v) is 8.55. The molecule has 0 saturated carbocycles. The Kier molecular flexibility index (Phi) is 2.53. The molecule has 0 aliphatic heterocycles. The van der Waals surface area contributed by atoms with Crippen LogP contribution in [0.5, 0.6) is 0 Å². The van der Waals surface area contributed by atoms with Crippen molar-refractivity contribution in [3.63, 3.8) is 0 Å². The van der Waals surface area contributed by atoms with E-state index in [0.29, 0.717) is 0 Å². The smallest absolute Gasteiger partial charge is 0.336 e. The van der Waals surface area contributed by atoms with Crippen LogP contribution in [0.4, 0.5) is 4.39 Å². The standard InChI is InChI=1S/C9H5FN2O3S/c10-4-1-2-5(6(3-4)8(13)14)7-11-9(16)12-15-7/h1-3H,(H,12,16)(H,13,14). The fraction of sp³-hybridized carbons (Fsp3) is 0. The first-order chi connectivity index (χ1) is 7.58. The van der Waals surface area contributed by atoms with Crippen molar-refractivity contribution in [3.05, 3.63) is 34.4 Å². The van der Waals surface area contributed by atoms with Crippen LogP contribution in [0.2, 0.25) is 0 Å². The Morgan fingerprint density at radius 2 is 2.31 bits per heavy atom. The zero-order valence-electron chi connectivity index (χ0n) is 7.73. The van der Waals surface area contributed by atoms with Gasteiger partial charge in [0, 0.05) is 0 Å². The van der Waals surface area contributed by atoms with E-state index in [0.717, 1.165) is 12.1 Å². The molecule has 1 aromatic heterocycles. The molecule has 16 heavy (non-hydrogen) atoms. The lowest BCUT2D eigenvalue weighted by atomic mass is 10.1. The molecule has 0 spiro atoms. The third-order valence-electron chi connectivity index (χ3n) is 1.88. The Hall–Kier alpha value is -2.02. The number of hydrogen-bond donors (Lipinski definition) is 2. The summed E-state index contributed by atoms with van der Waals surface area (Å²) >= 11 is 4.69. The summed E-state index contributed by atoms with van der Waals surface area (Å²) in [6.07, 6.45) is 0. The van der Waals surface area contributed by atoms with Crippen LogP contribution < -0.4 is 0 Å². The number of H-pyrrole nitrogens is 1. The minimum Gasteiger partial charge on any atom is -0.478 e. The van der Waals surface area contributed by atoms with E-state index in [4.69, 9.17) is 9.63 Å². The van der Waals surface area contributed by atoms with E-state index >= 15 is 0 Å².